The number of phenolic OH excluding ortho intramolecular Hbond substituents is 1. The monoisotopic (exact) mass is 316 g/mol. The molecular formula is C10H12N4O8. The van der Waals surface area contributed by atoms with Gasteiger partial charge in [0.2, 0.25) is 0 Å². The van der Waals surface area contributed by atoms with Gasteiger partial charge < -0.3 is 15.2 Å². The average molecular weight is 316 g/mol. The van der Waals surface area contributed by atoms with E-state index >= 15 is 0 Å². The number of nitrogens with one attached hydrogen (secondary N) is 1. The normalized spacial score (nSPS) is 13.6. The number of ether oxygens (including phenoxy) is 1. The first kappa shape index (κ1) is 17.2. The van der Waals surface area contributed by atoms with E-state index in [0.29, 0.717) is 12.1 Å². The van der Waals surface area contributed by atoms with Gasteiger partial charge in [-0.1, -0.05) is 0 Å². The van der Waals surface area contributed by atoms with Crippen LogP contribution in [-0.4, -0.2) is 46.2 Å². The lowest BCUT2D eigenvalue weighted by molar-refractivity contribution is -0.404. The fourth-order valence-electron chi connectivity index (χ4n) is 1.49. The highest BCUT2D eigenvalue weighted by molar-refractivity contribution is 5.64. The molecule has 120 valence electrons. The molecule has 12 heteroatoms. The molecule has 2 N–H and O–H groups in total. The molecule has 0 unspecified atom stereocenters. The molecule has 0 radical (unpaired) electrons. The summed E-state index contributed by atoms with van der Waals surface area (Å²) in [6, 6.07) is 0.894. The second kappa shape index (κ2) is 7.80. The molecule has 1 aliphatic heterocycles. The molecule has 0 spiro atoms. The fourth-order valence-corrected chi connectivity index (χ4v) is 1.49. The zero-order valence-electron chi connectivity index (χ0n) is 11.1. The Balaban J connectivity index is 0.000000335. The standard InChI is InChI=1S/C6H3N3O7.C4H9NO/c10-6-4(8(13)14)1-3(7(11)12)2-5(6)9(15)16;1-3-6-4-2-5-1/h1-2,10H;5H,1-4H2. The first-order chi connectivity index (χ1) is 10.3. The number of benzene rings is 1. The van der Waals surface area contributed by atoms with Gasteiger partial charge in [-0.15, -0.1) is 0 Å². The molecule has 1 heterocycles. The maximum Gasteiger partial charge on any atom is 0.324 e. The summed E-state index contributed by atoms with van der Waals surface area (Å²) in [4.78, 5) is 27.8. The topological polar surface area (TPSA) is 171 Å². The van der Waals surface area contributed by atoms with Crippen molar-refractivity contribution in [2.24, 2.45) is 0 Å². The number of hydrogen-bond donors (Lipinski definition) is 2. The zero-order chi connectivity index (χ0) is 16.7. The van der Waals surface area contributed by atoms with Gasteiger partial charge >= 0.3 is 11.4 Å². The summed E-state index contributed by atoms with van der Waals surface area (Å²) >= 11 is 0. The summed E-state index contributed by atoms with van der Waals surface area (Å²) < 4.78 is 5.01. The van der Waals surface area contributed by atoms with Gasteiger partial charge in [0, 0.05) is 13.1 Å². The van der Waals surface area contributed by atoms with E-state index in [1.54, 1.807) is 0 Å². The molecule has 1 aliphatic rings. The lowest BCUT2D eigenvalue weighted by atomic mass is 10.2. The number of nitro benzene ring substituents is 3. The zero-order valence-corrected chi connectivity index (χ0v) is 11.1. The van der Waals surface area contributed by atoms with Crippen LogP contribution in [0.5, 0.6) is 5.75 Å². The van der Waals surface area contributed by atoms with Crippen LogP contribution in [0, 0.1) is 30.3 Å². The molecule has 1 aromatic rings. The van der Waals surface area contributed by atoms with Crippen LogP contribution in [0.2, 0.25) is 0 Å². The molecule has 0 atom stereocenters. The SMILES string of the molecule is C1COCCN1.O=[N+]([O-])c1cc([N+](=O)[O-])c(O)c([N+](=O)[O-])c1. The molecule has 0 amide bonds. The van der Waals surface area contributed by atoms with E-state index in [1.807, 2.05) is 0 Å². The van der Waals surface area contributed by atoms with Gasteiger partial charge in [0.1, 0.15) is 0 Å². The Morgan fingerprint density at radius 1 is 0.955 bits per heavy atom. The second-order valence-electron chi connectivity index (χ2n) is 3.97. The lowest BCUT2D eigenvalue weighted by Gasteiger charge is -2.10. The highest BCUT2D eigenvalue weighted by atomic mass is 16.6. The largest absolute Gasteiger partial charge is 0.497 e. The summed E-state index contributed by atoms with van der Waals surface area (Å²) in [5.41, 5.74) is -3.00. The third-order valence-electron chi connectivity index (χ3n) is 2.51. The van der Waals surface area contributed by atoms with E-state index in [9.17, 15) is 30.3 Å². The third-order valence-corrected chi connectivity index (χ3v) is 2.51. The van der Waals surface area contributed by atoms with Crippen LogP contribution in [0.15, 0.2) is 12.1 Å². The number of aromatic hydroxyl groups is 1. The van der Waals surface area contributed by atoms with Crippen LogP contribution in [0.4, 0.5) is 17.1 Å². The predicted octanol–water partition coefficient (Wildman–Crippen LogP) is 0.723. The fraction of sp³-hybridized carbons (Fsp3) is 0.400. The number of rotatable bonds is 3. The second-order valence-corrected chi connectivity index (χ2v) is 3.97. The molecule has 22 heavy (non-hydrogen) atoms. The molecule has 12 nitrogen and oxygen atoms in total. The summed E-state index contributed by atoms with van der Waals surface area (Å²) in [6.07, 6.45) is 0. The Hall–Kier alpha value is -2.86. The van der Waals surface area contributed by atoms with Crippen LogP contribution in [0.1, 0.15) is 0 Å². The summed E-state index contributed by atoms with van der Waals surface area (Å²) in [5.74, 6) is -1.21. The molecule has 0 aromatic heterocycles. The minimum Gasteiger partial charge on any atom is -0.497 e. The third kappa shape index (κ3) is 4.60. The minimum absolute atomic E-state index is 0.447. The number of phenols is 1. The van der Waals surface area contributed by atoms with Crippen molar-refractivity contribution < 1.29 is 24.6 Å². The van der Waals surface area contributed by atoms with E-state index in [2.05, 4.69) is 5.32 Å². The van der Waals surface area contributed by atoms with Gasteiger partial charge in [0.05, 0.1) is 40.1 Å². The smallest absolute Gasteiger partial charge is 0.324 e. The van der Waals surface area contributed by atoms with Crippen LogP contribution in [0.25, 0.3) is 0 Å². The van der Waals surface area contributed by atoms with Gasteiger partial charge in [0.15, 0.2) is 0 Å². The predicted molar refractivity (Wildman–Crippen MR) is 71.8 cm³/mol. The molecular weight excluding hydrogens is 304 g/mol. The van der Waals surface area contributed by atoms with Crippen molar-refractivity contribution in [3.05, 3.63) is 42.5 Å². The van der Waals surface area contributed by atoms with Crippen molar-refractivity contribution in [2.45, 2.75) is 0 Å². The Labute approximate surface area is 122 Å². The van der Waals surface area contributed by atoms with Crippen LogP contribution in [-0.2, 0) is 4.74 Å². The van der Waals surface area contributed by atoms with E-state index in [0.717, 1.165) is 26.3 Å². The van der Waals surface area contributed by atoms with Gasteiger partial charge in [-0.25, -0.2) is 0 Å². The van der Waals surface area contributed by atoms with Gasteiger partial charge in [-0.05, 0) is 0 Å². The molecule has 1 saturated heterocycles. The summed E-state index contributed by atoms with van der Waals surface area (Å²) in [5, 5.41) is 43.4. The summed E-state index contributed by atoms with van der Waals surface area (Å²) in [7, 11) is 0. The molecule has 1 fully saturated rings. The van der Waals surface area contributed by atoms with E-state index < -0.39 is 37.6 Å². The van der Waals surface area contributed by atoms with Crippen LogP contribution < -0.4 is 5.32 Å². The van der Waals surface area contributed by atoms with E-state index in [1.165, 1.54) is 0 Å². The Kier molecular flexibility index (Phi) is 6.09. The molecule has 2 rings (SSSR count). The van der Waals surface area contributed by atoms with Crippen molar-refractivity contribution in [2.75, 3.05) is 26.3 Å². The van der Waals surface area contributed by atoms with Crippen LogP contribution >= 0.6 is 0 Å². The highest BCUT2D eigenvalue weighted by Crippen LogP contribution is 2.38. The molecule has 0 saturated carbocycles. The Morgan fingerprint density at radius 3 is 1.64 bits per heavy atom. The maximum absolute atomic E-state index is 10.4. The van der Waals surface area contributed by atoms with Crippen LogP contribution in [0.3, 0.4) is 0 Å². The Bertz CT molecular complexity index is 540. The highest BCUT2D eigenvalue weighted by Gasteiger charge is 2.30. The number of morpholine rings is 1. The quantitative estimate of drug-likeness (QED) is 0.602. The first-order valence-electron chi connectivity index (χ1n) is 5.93. The molecule has 0 aliphatic carbocycles. The number of nitrogens with zero attached hydrogens (tertiary/aromatic N) is 3. The van der Waals surface area contributed by atoms with Gasteiger partial charge in [-0.2, -0.15) is 0 Å². The Morgan fingerprint density at radius 2 is 1.41 bits per heavy atom. The number of nitro groups is 3. The van der Waals surface area contributed by atoms with Crippen molar-refractivity contribution in [3.63, 3.8) is 0 Å². The van der Waals surface area contributed by atoms with E-state index in [4.69, 9.17) is 9.84 Å². The van der Waals surface area contributed by atoms with Crippen molar-refractivity contribution in [1.29, 1.82) is 0 Å². The number of non-ortho nitro benzene ring substituents is 1. The van der Waals surface area contributed by atoms with Gasteiger partial charge in [-0.3, -0.25) is 30.3 Å². The molecule has 1 aromatic carbocycles. The lowest BCUT2D eigenvalue weighted by Crippen LogP contribution is -2.30. The van der Waals surface area contributed by atoms with Gasteiger partial charge in [0.25, 0.3) is 11.4 Å². The van der Waals surface area contributed by atoms with Crippen molar-refractivity contribution >= 4 is 17.1 Å². The van der Waals surface area contributed by atoms with E-state index in [-0.39, 0.29) is 0 Å². The average Bonchev–Trinajstić information content (AvgIpc) is 2.49. The summed E-state index contributed by atoms with van der Waals surface area (Å²) in [6.45, 7) is 3.83. The van der Waals surface area contributed by atoms with Crippen molar-refractivity contribution in [1.82, 2.24) is 5.32 Å². The minimum atomic E-state index is -1.21. The molecule has 0 bridgehead atoms. The van der Waals surface area contributed by atoms with Crippen molar-refractivity contribution in [3.8, 4) is 5.75 Å². The first-order valence-corrected chi connectivity index (χ1v) is 5.93. The maximum atomic E-state index is 10.4. The number of hydrogen-bond acceptors (Lipinski definition) is 9.